The van der Waals surface area contributed by atoms with E-state index in [4.69, 9.17) is 10.5 Å². The molecule has 6 nitrogen and oxygen atoms in total. The molecule has 2 aromatic carbocycles. The van der Waals surface area contributed by atoms with Gasteiger partial charge in [0.25, 0.3) is 11.8 Å². The monoisotopic (exact) mass is 373 g/mol. The van der Waals surface area contributed by atoms with Crippen LogP contribution in [-0.4, -0.2) is 42.5 Å². The molecule has 1 saturated heterocycles. The smallest absolute Gasteiger partial charge is 0.262 e. The van der Waals surface area contributed by atoms with Crippen LogP contribution in [0.3, 0.4) is 0 Å². The summed E-state index contributed by atoms with van der Waals surface area (Å²) in [7, 11) is 0. The van der Waals surface area contributed by atoms with Crippen LogP contribution in [0.1, 0.15) is 21.8 Å². The minimum atomic E-state index is -0.192. The zero-order valence-electron chi connectivity index (χ0n) is 14.1. The van der Waals surface area contributed by atoms with Crippen molar-refractivity contribution in [1.29, 1.82) is 0 Å². The molecular weight excluding hydrogens is 354 g/mol. The van der Waals surface area contributed by atoms with Crippen LogP contribution >= 0.6 is 12.4 Å². The zero-order chi connectivity index (χ0) is 17.4. The van der Waals surface area contributed by atoms with Gasteiger partial charge in [-0.2, -0.15) is 0 Å². The first kappa shape index (κ1) is 18.2. The predicted molar refractivity (Wildman–Crippen MR) is 101 cm³/mol. The van der Waals surface area contributed by atoms with E-state index in [0.29, 0.717) is 30.1 Å². The van der Waals surface area contributed by atoms with E-state index in [1.54, 1.807) is 23.1 Å². The van der Waals surface area contributed by atoms with Gasteiger partial charge in [-0.25, -0.2) is 0 Å². The molecule has 26 heavy (non-hydrogen) atoms. The highest BCUT2D eigenvalue weighted by Gasteiger charge is 2.34. The highest BCUT2D eigenvalue weighted by molar-refractivity contribution is 5.99. The van der Waals surface area contributed by atoms with Crippen molar-refractivity contribution in [2.45, 2.75) is 12.0 Å². The van der Waals surface area contributed by atoms with Crippen LogP contribution in [0.5, 0.6) is 5.75 Å². The number of ether oxygens (including phenoxy) is 1. The van der Waals surface area contributed by atoms with Crippen molar-refractivity contribution in [3.05, 3.63) is 59.7 Å². The number of anilines is 1. The number of nitrogens with zero attached hydrogens (tertiary/aromatic N) is 1. The van der Waals surface area contributed by atoms with Gasteiger partial charge in [0, 0.05) is 30.6 Å². The number of carbonyl (C=O) groups is 2. The van der Waals surface area contributed by atoms with E-state index in [0.717, 1.165) is 5.56 Å². The molecule has 0 bridgehead atoms. The van der Waals surface area contributed by atoms with Gasteiger partial charge < -0.3 is 20.7 Å². The number of fused-ring (bicyclic) bond motifs is 1. The van der Waals surface area contributed by atoms with Crippen LogP contribution in [0.4, 0.5) is 5.69 Å². The second-order valence-electron chi connectivity index (χ2n) is 6.44. The van der Waals surface area contributed by atoms with Crippen molar-refractivity contribution in [2.75, 3.05) is 25.0 Å². The average Bonchev–Trinajstić information content (AvgIpc) is 3.03. The van der Waals surface area contributed by atoms with Crippen molar-refractivity contribution < 1.29 is 14.3 Å². The summed E-state index contributed by atoms with van der Waals surface area (Å²) < 4.78 is 5.39. The fraction of sp³-hybridized carbons (Fsp3) is 0.263. The predicted octanol–water partition coefficient (Wildman–Crippen LogP) is 2.01. The fourth-order valence-electron chi connectivity index (χ4n) is 3.44. The Morgan fingerprint density at radius 2 is 1.92 bits per heavy atom. The Morgan fingerprint density at radius 1 is 1.15 bits per heavy atom. The largest absolute Gasteiger partial charge is 0.482 e. The molecule has 3 N–H and O–H groups in total. The molecule has 1 fully saturated rings. The Hall–Kier alpha value is -2.57. The molecule has 0 aromatic heterocycles. The summed E-state index contributed by atoms with van der Waals surface area (Å²) in [4.78, 5) is 26.0. The Balaban J connectivity index is 0.00000196. The fourth-order valence-corrected chi connectivity index (χ4v) is 3.44. The highest BCUT2D eigenvalue weighted by Crippen LogP contribution is 2.31. The maximum absolute atomic E-state index is 12.8. The standard InChI is InChI=1S/C19H19N3O3.ClH/c20-15-10-22(9-14(15)12-4-2-1-3-5-12)19(24)13-6-7-16-17(8-13)25-11-18(23)21-16;/h1-8,14-15H,9-11,20H2,(H,21,23);1H/t14-,15+;/m0./s1. The first-order valence-corrected chi connectivity index (χ1v) is 8.28. The van der Waals surface area contributed by atoms with Crippen molar-refractivity contribution in [2.24, 2.45) is 5.73 Å². The lowest BCUT2D eigenvalue weighted by atomic mass is 9.95. The minimum Gasteiger partial charge on any atom is -0.482 e. The van der Waals surface area contributed by atoms with E-state index < -0.39 is 0 Å². The first-order chi connectivity index (χ1) is 12.1. The third kappa shape index (κ3) is 3.38. The van der Waals surface area contributed by atoms with Gasteiger partial charge in [-0.1, -0.05) is 30.3 Å². The van der Waals surface area contributed by atoms with E-state index >= 15 is 0 Å². The summed E-state index contributed by atoms with van der Waals surface area (Å²) in [5, 5.41) is 2.72. The van der Waals surface area contributed by atoms with Gasteiger partial charge in [0.15, 0.2) is 6.61 Å². The Labute approximate surface area is 157 Å². The Kier molecular flexibility index (Phi) is 5.15. The average molecular weight is 374 g/mol. The number of amides is 2. The number of hydrogen-bond donors (Lipinski definition) is 2. The van der Waals surface area contributed by atoms with Crippen LogP contribution in [-0.2, 0) is 4.79 Å². The number of nitrogens with one attached hydrogen (secondary N) is 1. The second kappa shape index (κ2) is 7.35. The summed E-state index contributed by atoms with van der Waals surface area (Å²) >= 11 is 0. The summed E-state index contributed by atoms with van der Waals surface area (Å²) in [6, 6.07) is 15.0. The molecule has 4 rings (SSSR count). The normalized spacial score (nSPS) is 21.3. The molecule has 7 heteroatoms. The second-order valence-corrected chi connectivity index (χ2v) is 6.44. The molecule has 2 aliphatic rings. The van der Waals surface area contributed by atoms with Crippen LogP contribution < -0.4 is 15.8 Å². The SMILES string of the molecule is Cl.N[C@@H]1CN(C(=O)c2ccc3c(c2)OCC(=O)N3)C[C@H]1c1ccccc1. The number of hydrogen-bond acceptors (Lipinski definition) is 4. The van der Waals surface area contributed by atoms with Gasteiger partial charge in [0.1, 0.15) is 5.75 Å². The van der Waals surface area contributed by atoms with Gasteiger partial charge in [-0.15, -0.1) is 12.4 Å². The van der Waals surface area contributed by atoms with E-state index in [1.165, 1.54) is 0 Å². The molecule has 2 aromatic rings. The molecule has 0 saturated carbocycles. The molecule has 0 unspecified atom stereocenters. The van der Waals surface area contributed by atoms with Crippen LogP contribution in [0.15, 0.2) is 48.5 Å². The molecule has 2 atom stereocenters. The quantitative estimate of drug-likeness (QED) is 0.843. The van der Waals surface area contributed by atoms with Crippen molar-refractivity contribution in [3.63, 3.8) is 0 Å². The Morgan fingerprint density at radius 3 is 2.69 bits per heavy atom. The van der Waals surface area contributed by atoms with Gasteiger partial charge in [-0.05, 0) is 23.8 Å². The molecule has 2 heterocycles. The van der Waals surface area contributed by atoms with Crippen LogP contribution in [0, 0.1) is 0 Å². The Bertz CT molecular complexity index is 828. The topological polar surface area (TPSA) is 84.7 Å². The molecular formula is C19H20ClN3O3. The number of halogens is 1. The lowest BCUT2D eigenvalue weighted by molar-refractivity contribution is -0.118. The lowest BCUT2D eigenvalue weighted by Gasteiger charge is -2.20. The van der Waals surface area contributed by atoms with Gasteiger partial charge in [-0.3, -0.25) is 9.59 Å². The van der Waals surface area contributed by atoms with Crippen molar-refractivity contribution in [1.82, 2.24) is 4.90 Å². The minimum absolute atomic E-state index is 0. The van der Waals surface area contributed by atoms with Gasteiger partial charge in [0.2, 0.25) is 0 Å². The van der Waals surface area contributed by atoms with E-state index in [-0.39, 0.29) is 42.8 Å². The summed E-state index contributed by atoms with van der Waals surface area (Å²) in [5.41, 5.74) is 8.56. The highest BCUT2D eigenvalue weighted by atomic mass is 35.5. The number of likely N-dealkylation sites (tertiary alicyclic amines) is 1. The van der Waals surface area contributed by atoms with E-state index in [2.05, 4.69) is 5.32 Å². The van der Waals surface area contributed by atoms with E-state index in [9.17, 15) is 9.59 Å². The van der Waals surface area contributed by atoms with Crippen molar-refractivity contribution >= 4 is 29.9 Å². The van der Waals surface area contributed by atoms with Crippen LogP contribution in [0.25, 0.3) is 0 Å². The first-order valence-electron chi connectivity index (χ1n) is 8.28. The number of nitrogens with two attached hydrogens (primary N) is 1. The number of benzene rings is 2. The summed E-state index contributed by atoms with van der Waals surface area (Å²) in [5.74, 6) is 0.395. The molecule has 0 spiro atoms. The number of rotatable bonds is 2. The number of carbonyl (C=O) groups excluding carboxylic acids is 2. The summed E-state index contributed by atoms with van der Waals surface area (Å²) in [6.07, 6.45) is 0. The van der Waals surface area contributed by atoms with Crippen molar-refractivity contribution in [3.8, 4) is 5.75 Å². The molecule has 0 aliphatic carbocycles. The van der Waals surface area contributed by atoms with Gasteiger partial charge >= 0.3 is 0 Å². The maximum atomic E-state index is 12.8. The third-order valence-corrected chi connectivity index (χ3v) is 4.74. The maximum Gasteiger partial charge on any atom is 0.262 e. The summed E-state index contributed by atoms with van der Waals surface area (Å²) in [6.45, 7) is 1.08. The molecule has 0 radical (unpaired) electrons. The lowest BCUT2D eigenvalue weighted by Crippen LogP contribution is -2.32. The molecule has 2 amide bonds. The third-order valence-electron chi connectivity index (χ3n) is 4.74. The zero-order valence-corrected chi connectivity index (χ0v) is 14.9. The molecule has 2 aliphatic heterocycles. The van der Waals surface area contributed by atoms with Gasteiger partial charge in [0.05, 0.1) is 5.69 Å². The molecule has 136 valence electrons. The van der Waals surface area contributed by atoms with Crippen LogP contribution in [0.2, 0.25) is 0 Å². The van der Waals surface area contributed by atoms with E-state index in [1.807, 2.05) is 30.3 Å².